The zero-order valence-corrected chi connectivity index (χ0v) is 14.3. The summed E-state index contributed by atoms with van der Waals surface area (Å²) in [5.74, 6) is -7.09. The minimum atomic E-state index is -1.65. The largest absolute Gasteiger partial charge is 0.378 e. The van der Waals surface area contributed by atoms with Crippen LogP contribution in [0, 0.1) is 29.1 Å². The second-order valence-corrected chi connectivity index (χ2v) is 6.60. The molecule has 0 radical (unpaired) electrons. The topological polar surface area (TPSA) is 9.23 Å². The van der Waals surface area contributed by atoms with Gasteiger partial charge in [-0.2, -0.15) is 0 Å². The van der Waals surface area contributed by atoms with Gasteiger partial charge < -0.3 is 4.74 Å². The van der Waals surface area contributed by atoms with Crippen molar-refractivity contribution in [1.29, 1.82) is 0 Å². The van der Waals surface area contributed by atoms with E-state index < -0.39 is 29.1 Å². The zero-order valence-electron chi connectivity index (χ0n) is 14.3. The molecule has 1 heterocycles. The van der Waals surface area contributed by atoms with Crippen molar-refractivity contribution in [2.24, 2.45) is 0 Å². The molecule has 2 aromatic rings. The lowest BCUT2D eigenvalue weighted by Crippen LogP contribution is -2.25. The molecule has 0 bridgehead atoms. The standard InChI is InChI=1S/C20H19F5O/c1-2-3-13-5-4-11(10-26-13)14-6-7-15(19(24)18(14)23)12-8-16(21)20(25)17(22)9-12/h6-9,11,13H,2-5,10H2,1H3. The van der Waals surface area contributed by atoms with Crippen molar-refractivity contribution in [3.63, 3.8) is 0 Å². The summed E-state index contributed by atoms with van der Waals surface area (Å²) in [6, 6.07) is 3.96. The molecule has 2 atom stereocenters. The van der Waals surface area contributed by atoms with Gasteiger partial charge in [-0.15, -0.1) is 0 Å². The van der Waals surface area contributed by atoms with Crippen LogP contribution in [-0.4, -0.2) is 12.7 Å². The normalized spacial score (nSPS) is 20.4. The fourth-order valence-electron chi connectivity index (χ4n) is 3.41. The second-order valence-electron chi connectivity index (χ2n) is 6.60. The molecule has 0 spiro atoms. The summed E-state index contributed by atoms with van der Waals surface area (Å²) >= 11 is 0. The number of hydrogen-bond donors (Lipinski definition) is 0. The monoisotopic (exact) mass is 370 g/mol. The lowest BCUT2D eigenvalue weighted by molar-refractivity contribution is -0.00181. The van der Waals surface area contributed by atoms with Crippen LogP contribution < -0.4 is 0 Å². The first-order chi connectivity index (χ1) is 12.4. The molecular weight excluding hydrogens is 351 g/mol. The van der Waals surface area contributed by atoms with Gasteiger partial charge in [-0.1, -0.05) is 25.5 Å². The van der Waals surface area contributed by atoms with Gasteiger partial charge in [0.25, 0.3) is 0 Å². The Kier molecular flexibility index (Phi) is 5.61. The van der Waals surface area contributed by atoms with E-state index >= 15 is 0 Å². The minimum Gasteiger partial charge on any atom is -0.378 e. The Labute approximate surface area is 148 Å². The maximum atomic E-state index is 14.6. The van der Waals surface area contributed by atoms with E-state index in [-0.39, 0.29) is 28.7 Å². The van der Waals surface area contributed by atoms with E-state index in [1.165, 1.54) is 12.1 Å². The minimum absolute atomic E-state index is 0.147. The van der Waals surface area contributed by atoms with E-state index in [1.807, 2.05) is 0 Å². The molecule has 140 valence electrons. The summed E-state index contributed by atoms with van der Waals surface area (Å²) in [5.41, 5.74) is -0.388. The van der Waals surface area contributed by atoms with Gasteiger partial charge >= 0.3 is 0 Å². The molecule has 2 unspecified atom stereocenters. The summed E-state index contributed by atoms with van der Waals surface area (Å²) in [7, 11) is 0. The molecule has 0 aromatic heterocycles. The molecule has 3 rings (SSSR count). The van der Waals surface area contributed by atoms with Gasteiger partial charge in [0.15, 0.2) is 29.1 Å². The van der Waals surface area contributed by atoms with Crippen LogP contribution in [0.2, 0.25) is 0 Å². The summed E-state index contributed by atoms with van der Waals surface area (Å²) in [5, 5.41) is 0. The Morgan fingerprint density at radius 2 is 1.62 bits per heavy atom. The highest BCUT2D eigenvalue weighted by molar-refractivity contribution is 5.65. The molecule has 0 N–H and O–H groups in total. The fourth-order valence-corrected chi connectivity index (χ4v) is 3.41. The van der Waals surface area contributed by atoms with Gasteiger partial charge in [0.1, 0.15) is 0 Å². The third-order valence-corrected chi connectivity index (χ3v) is 4.83. The molecule has 1 aliphatic rings. The van der Waals surface area contributed by atoms with Crippen molar-refractivity contribution in [2.75, 3.05) is 6.61 Å². The van der Waals surface area contributed by atoms with Gasteiger partial charge in [-0.25, -0.2) is 22.0 Å². The lowest BCUT2D eigenvalue weighted by atomic mass is 9.88. The van der Waals surface area contributed by atoms with Crippen LogP contribution in [0.25, 0.3) is 11.1 Å². The van der Waals surface area contributed by atoms with Crippen LogP contribution in [0.3, 0.4) is 0 Å². The third kappa shape index (κ3) is 3.61. The first kappa shape index (κ1) is 18.8. The number of benzene rings is 2. The van der Waals surface area contributed by atoms with Crippen molar-refractivity contribution in [3.8, 4) is 11.1 Å². The van der Waals surface area contributed by atoms with Crippen LogP contribution in [-0.2, 0) is 4.74 Å². The van der Waals surface area contributed by atoms with Crippen molar-refractivity contribution in [1.82, 2.24) is 0 Å². The van der Waals surface area contributed by atoms with Crippen molar-refractivity contribution in [3.05, 3.63) is 58.9 Å². The highest BCUT2D eigenvalue weighted by atomic mass is 19.2. The van der Waals surface area contributed by atoms with Crippen LogP contribution in [0.15, 0.2) is 24.3 Å². The van der Waals surface area contributed by atoms with Gasteiger partial charge in [0, 0.05) is 11.5 Å². The van der Waals surface area contributed by atoms with E-state index in [9.17, 15) is 22.0 Å². The molecular formula is C20H19F5O. The molecule has 2 aromatic carbocycles. The highest BCUT2D eigenvalue weighted by Crippen LogP contribution is 2.35. The van der Waals surface area contributed by atoms with Crippen LogP contribution in [0.5, 0.6) is 0 Å². The number of halogens is 5. The predicted octanol–water partition coefficient (Wildman–Crippen LogP) is 6.11. The van der Waals surface area contributed by atoms with E-state index in [0.717, 1.165) is 19.3 Å². The van der Waals surface area contributed by atoms with E-state index in [2.05, 4.69) is 6.92 Å². The molecule has 1 aliphatic heterocycles. The maximum absolute atomic E-state index is 14.6. The Balaban J connectivity index is 1.88. The lowest BCUT2D eigenvalue weighted by Gasteiger charge is -2.29. The van der Waals surface area contributed by atoms with Crippen LogP contribution in [0.4, 0.5) is 22.0 Å². The number of ether oxygens (including phenoxy) is 1. The smallest absolute Gasteiger partial charge is 0.194 e. The highest BCUT2D eigenvalue weighted by Gasteiger charge is 2.27. The summed E-state index contributed by atoms with van der Waals surface area (Å²) in [4.78, 5) is 0. The maximum Gasteiger partial charge on any atom is 0.194 e. The van der Waals surface area contributed by atoms with Crippen molar-refractivity contribution < 1.29 is 26.7 Å². The summed E-state index contributed by atoms with van der Waals surface area (Å²) in [6.45, 7) is 2.37. The molecule has 1 fully saturated rings. The third-order valence-electron chi connectivity index (χ3n) is 4.83. The van der Waals surface area contributed by atoms with E-state index in [4.69, 9.17) is 4.74 Å². The summed E-state index contributed by atoms with van der Waals surface area (Å²) in [6.07, 6.45) is 3.53. The first-order valence-corrected chi connectivity index (χ1v) is 8.66. The van der Waals surface area contributed by atoms with Gasteiger partial charge in [-0.05, 0) is 42.5 Å². The SMILES string of the molecule is CCCC1CCC(c2ccc(-c3cc(F)c(F)c(F)c3)c(F)c2F)CO1. The molecule has 1 nitrogen and oxygen atoms in total. The Morgan fingerprint density at radius 3 is 2.19 bits per heavy atom. The zero-order chi connectivity index (χ0) is 18.8. The van der Waals surface area contributed by atoms with Gasteiger partial charge in [-0.3, -0.25) is 0 Å². The fraction of sp³-hybridized carbons (Fsp3) is 0.400. The Bertz CT molecular complexity index is 774. The molecule has 0 saturated carbocycles. The molecule has 0 amide bonds. The van der Waals surface area contributed by atoms with Crippen LogP contribution >= 0.6 is 0 Å². The molecule has 26 heavy (non-hydrogen) atoms. The van der Waals surface area contributed by atoms with E-state index in [0.29, 0.717) is 25.2 Å². The second kappa shape index (κ2) is 7.74. The molecule has 0 aliphatic carbocycles. The molecule has 1 saturated heterocycles. The molecule has 6 heteroatoms. The first-order valence-electron chi connectivity index (χ1n) is 8.66. The van der Waals surface area contributed by atoms with Crippen LogP contribution in [0.1, 0.15) is 44.1 Å². The average Bonchev–Trinajstić information content (AvgIpc) is 2.63. The number of rotatable bonds is 4. The van der Waals surface area contributed by atoms with E-state index in [1.54, 1.807) is 0 Å². The van der Waals surface area contributed by atoms with Gasteiger partial charge in [0.2, 0.25) is 0 Å². The Hall–Kier alpha value is -1.95. The van der Waals surface area contributed by atoms with Crippen molar-refractivity contribution >= 4 is 0 Å². The quantitative estimate of drug-likeness (QED) is 0.466. The van der Waals surface area contributed by atoms with Gasteiger partial charge in [0.05, 0.1) is 12.7 Å². The Morgan fingerprint density at radius 1 is 0.923 bits per heavy atom. The van der Waals surface area contributed by atoms with Crippen molar-refractivity contribution in [2.45, 2.75) is 44.6 Å². The summed E-state index contributed by atoms with van der Waals surface area (Å²) < 4.78 is 74.6. The average molecular weight is 370 g/mol. The predicted molar refractivity (Wildman–Crippen MR) is 88.3 cm³/mol. The number of hydrogen-bond acceptors (Lipinski definition) is 1.